The van der Waals surface area contributed by atoms with Crippen molar-refractivity contribution in [1.82, 2.24) is 9.80 Å². The Labute approximate surface area is 144 Å². The number of benzene rings is 1. The van der Waals surface area contributed by atoms with E-state index in [4.69, 9.17) is 0 Å². The highest BCUT2D eigenvalue weighted by Crippen LogP contribution is 2.26. The van der Waals surface area contributed by atoms with Crippen LogP contribution in [0, 0.1) is 0 Å². The molecule has 0 radical (unpaired) electrons. The first kappa shape index (κ1) is 16.5. The minimum atomic E-state index is -0.0874. The summed E-state index contributed by atoms with van der Waals surface area (Å²) in [7, 11) is 0. The van der Waals surface area contributed by atoms with Crippen LogP contribution in [0.4, 0.5) is 0 Å². The Hall–Kier alpha value is -1.34. The van der Waals surface area contributed by atoms with Crippen LogP contribution in [-0.4, -0.2) is 75.4 Å². The van der Waals surface area contributed by atoms with Crippen molar-refractivity contribution in [3.63, 3.8) is 0 Å². The third-order valence-corrected chi connectivity index (χ3v) is 6.80. The van der Waals surface area contributed by atoms with Crippen molar-refractivity contribution in [2.75, 3.05) is 43.4 Å². The lowest BCUT2D eigenvalue weighted by Crippen LogP contribution is -2.53. The van der Waals surface area contributed by atoms with Crippen LogP contribution >= 0.6 is 23.5 Å². The molecule has 5 nitrogen and oxygen atoms in total. The number of carbonyl (C=O) groups excluding carboxylic acids is 2. The molecule has 0 saturated carbocycles. The van der Waals surface area contributed by atoms with E-state index < -0.39 is 0 Å². The Kier molecular flexibility index (Phi) is 5.38. The van der Waals surface area contributed by atoms with Gasteiger partial charge >= 0.3 is 0 Å². The average Bonchev–Trinajstić information content (AvgIpc) is 2.61. The molecule has 2 fully saturated rings. The summed E-state index contributed by atoms with van der Waals surface area (Å²) in [5.74, 6) is 3.28. The van der Waals surface area contributed by atoms with Crippen molar-refractivity contribution in [2.45, 2.75) is 5.25 Å². The molecule has 2 aliphatic rings. The number of thioether (sulfide) groups is 2. The summed E-state index contributed by atoms with van der Waals surface area (Å²) in [6.45, 7) is 2.27. The van der Waals surface area contributed by atoms with E-state index in [2.05, 4.69) is 0 Å². The monoisotopic (exact) mass is 352 g/mol. The molecule has 0 aromatic heterocycles. The summed E-state index contributed by atoms with van der Waals surface area (Å²) in [6, 6.07) is 6.40. The molecule has 1 aromatic rings. The predicted molar refractivity (Wildman–Crippen MR) is 94.2 cm³/mol. The fourth-order valence-corrected chi connectivity index (χ4v) is 5.41. The molecule has 2 saturated heterocycles. The van der Waals surface area contributed by atoms with Gasteiger partial charge in [-0.3, -0.25) is 9.59 Å². The fourth-order valence-electron chi connectivity index (χ4n) is 2.79. The minimum absolute atomic E-state index is 0.0714. The van der Waals surface area contributed by atoms with Crippen molar-refractivity contribution in [3.05, 3.63) is 29.8 Å². The second-order valence-electron chi connectivity index (χ2n) is 5.60. The van der Waals surface area contributed by atoms with Crippen molar-refractivity contribution in [2.24, 2.45) is 0 Å². The van der Waals surface area contributed by atoms with Gasteiger partial charge in [-0.1, -0.05) is 6.07 Å². The first-order valence-electron chi connectivity index (χ1n) is 7.71. The number of phenolic OH excluding ortho intramolecular Hbond substituents is 1. The van der Waals surface area contributed by atoms with Crippen molar-refractivity contribution < 1.29 is 14.7 Å². The Bertz CT molecular complexity index is 582. The molecule has 124 valence electrons. The zero-order valence-corrected chi connectivity index (χ0v) is 14.4. The summed E-state index contributed by atoms with van der Waals surface area (Å²) in [5, 5.41) is 9.56. The Morgan fingerprint density at radius 1 is 1.09 bits per heavy atom. The van der Waals surface area contributed by atoms with Crippen LogP contribution in [0.25, 0.3) is 0 Å². The smallest absolute Gasteiger partial charge is 0.254 e. The maximum absolute atomic E-state index is 12.5. The minimum Gasteiger partial charge on any atom is -0.508 e. The Morgan fingerprint density at radius 3 is 2.48 bits per heavy atom. The quantitative estimate of drug-likeness (QED) is 0.875. The van der Waals surface area contributed by atoms with Gasteiger partial charge in [0.1, 0.15) is 5.75 Å². The number of nitrogens with zero attached hydrogens (tertiary/aromatic N) is 2. The molecule has 23 heavy (non-hydrogen) atoms. The summed E-state index contributed by atoms with van der Waals surface area (Å²) in [6.07, 6.45) is 0. The van der Waals surface area contributed by atoms with Gasteiger partial charge in [-0.2, -0.15) is 11.8 Å². The molecule has 1 unspecified atom stereocenters. The first-order chi connectivity index (χ1) is 11.1. The van der Waals surface area contributed by atoms with E-state index in [1.807, 2.05) is 16.7 Å². The molecular formula is C16H20N2O3S2. The molecule has 0 bridgehead atoms. The molecule has 1 N–H and O–H groups in total. The van der Waals surface area contributed by atoms with Crippen molar-refractivity contribution in [3.8, 4) is 5.75 Å². The number of carbonyl (C=O) groups is 2. The molecule has 3 rings (SSSR count). The number of hydrogen-bond donors (Lipinski definition) is 1. The molecule has 0 spiro atoms. The zero-order chi connectivity index (χ0) is 16.2. The van der Waals surface area contributed by atoms with E-state index in [1.54, 1.807) is 34.9 Å². The average molecular weight is 352 g/mol. The van der Waals surface area contributed by atoms with Gasteiger partial charge in [0.15, 0.2) is 0 Å². The van der Waals surface area contributed by atoms with Crippen LogP contribution < -0.4 is 0 Å². The maximum atomic E-state index is 12.5. The molecule has 2 amide bonds. The lowest BCUT2D eigenvalue weighted by atomic mass is 10.1. The number of rotatable bonds is 2. The standard InChI is InChI=1S/C16H20N2O3S2/c19-13-3-1-2-12(10-13)15(20)17-4-6-18(7-5-17)16(21)14-11-22-8-9-23-14/h1-3,10,14,19H,4-9,11H2. The van der Waals surface area contributed by atoms with Gasteiger partial charge in [0.2, 0.25) is 5.91 Å². The van der Waals surface area contributed by atoms with Gasteiger partial charge < -0.3 is 14.9 Å². The lowest BCUT2D eigenvalue weighted by Gasteiger charge is -2.37. The number of hydrogen-bond acceptors (Lipinski definition) is 5. The molecule has 0 aliphatic carbocycles. The van der Waals surface area contributed by atoms with Gasteiger partial charge in [-0.25, -0.2) is 0 Å². The van der Waals surface area contributed by atoms with Crippen LogP contribution in [0.3, 0.4) is 0 Å². The zero-order valence-electron chi connectivity index (χ0n) is 12.8. The molecule has 1 aromatic carbocycles. The van der Waals surface area contributed by atoms with Gasteiger partial charge in [-0.05, 0) is 18.2 Å². The van der Waals surface area contributed by atoms with E-state index in [-0.39, 0.29) is 22.8 Å². The molecule has 2 heterocycles. The van der Waals surface area contributed by atoms with E-state index in [0.29, 0.717) is 31.7 Å². The Balaban J connectivity index is 1.55. The summed E-state index contributed by atoms with van der Waals surface area (Å²) in [5.41, 5.74) is 0.490. The molecule has 2 aliphatic heterocycles. The third kappa shape index (κ3) is 3.95. The summed E-state index contributed by atoms with van der Waals surface area (Å²) >= 11 is 3.59. The topological polar surface area (TPSA) is 60.9 Å². The van der Waals surface area contributed by atoms with Crippen molar-refractivity contribution >= 4 is 35.3 Å². The van der Waals surface area contributed by atoms with Gasteiger partial charge in [-0.15, -0.1) is 11.8 Å². The van der Waals surface area contributed by atoms with Crippen LogP contribution in [0.1, 0.15) is 10.4 Å². The van der Waals surface area contributed by atoms with Crippen LogP contribution in [0.5, 0.6) is 5.75 Å². The van der Waals surface area contributed by atoms with Crippen LogP contribution in [-0.2, 0) is 4.79 Å². The summed E-state index contributed by atoms with van der Waals surface area (Å²) in [4.78, 5) is 28.6. The SMILES string of the molecule is O=C(c1cccc(O)c1)N1CCN(C(=O)C2CSCCS2)CC1. The molecule has 1 atom stereocenters. The van der Waals surface area contributed by atoms with Crippen LogP contribution in [0.15, 0.2) is 24.3 Å². The largest absolute Gasteiger partial charge is 0.508 e. The van der Waals surface area contributed by atoms with Crippen molar-refractivity contribution in [1.29, 1.82) is 0 Å². The number of amides is 2. The third-order valence-electron chi connectivity index (χ3n) is 4.06. The van der Waals surface area contributed by atoms with Crippen LogP contribution in [0.2, 0.25) is 0 Å². The highest BCUT2D eigenvalue weighted by Gasteiger charge is 2.30. The highest BCUT2D eigenvalue weighted by molar-refractivity contribution is 8.07. The van der Waals surface area contributed by atoms with E-state index in [0.717, 1.165) is 17.3 Å². The fraction of sp³-hybridized carbons (Fsp3) is 0.500. The normalized spacial score (nSPS) is 22.0. The second kappa shape index (κ2) is 7.49. The van der Waals surface area contributed by atoms with E-state index in [9.17, 15) is 14.7 Å². The number of aromatic hydroxyl groups is 1. The van der Waals surface area contributed by atoms with E-state index >= 15 is 0 Å². The molecule has 7 heteroatoms. The van der Waals surface area contributed by atoms with Gasteiger partial charge in [0.25, 0.3) is 5.91 Å². The highest BCUT2D eigenvalue weighted by atomic mass is 32.2. The van der Waals surface area contributed by atoms with Gasteiger partial charge in [0, 0.05) is 49.0 Å². The second-order valence-corrected chi connectivity index (χ2v) is 8.06. The molecular weight excluding hydrogens is 332 g/mol. The number of phenols is 1. The summed E-state index contributed by atoms with van der Waals surface area (Å²) < 4.78 is 0. The predicted octanol–water partition coefficient (Wildman–Crippen LogP) is 1.53. The lowest BCUT2D eigenvalue weighted by molar-refractivity contribution is -0.131. The van der Waals surface area contributed by atoms with Gasteiger partial charge in [0.05, 0.1) is 5.25 Å². The maximum Gasteiger partial charge on any atom is 0.254 e. The Morgan fingerprint density at radius 2 is 1.83 bits per heavy atom. The first-order valence-corrected chi connectivity index (χ1v) is 9.92. The van der Waals surface area contributed by atoms with E-state index in [1.165, 1.54) is 6.07 Å². The number of piperazine rings is 1.